The summed E-state index contributed by atoms with van der Waals surface area (Å²) in [6, 6.07) is 2.96. The molecule has 0 radical (unpaired) electrons. The maximum absolute atomic E-state index is 10.5. The van der Waals surface area contributed by atoms with E-state index >= 15 is 0 Å². The third kappa shape index (κ3) is 1.72. The Morgan fingerprint density at radius 3 is 2.62 bits per heavy atom. The van der Waals surface area contributed by atoms with E-state index in [1.165, 1.54) is 13.2 Å². The van der Waals surface area contributed by atoms with Crippen LogP contribution in [0.15, 0.2) is 12.1 Å². The molecule has 1 rings (SSSR count). The lowest BCUT2D eigenvalue weighted by Crippen LogP contribution is -1.95. The Morgan fingerprint density at radius 1 is 1.54 bits per heavy atom. The highest BCUT2D eigenvalue weighted by atomic mass is 35.5. The fraction of sp³-hybridized carbons (Fsp3) is 0.250. The Balaban J connectivity index is 3.38. The SMILES string of the molecule is COc1c([N+](=O)[O-])ccc(C)c1Cl. The number of ether oxygens (including phenoxy) is 1. The van der Waals surface area contributed by atoms with Gasteiger partial charge in [-0.1, -0.05) is 17.7 Å². The van der Waals surface area contributed by atoms with Gasteiger partial charge in [0.25, 0.3) is 0 Å². The fourth-order valence-corrected chi connectivity index (χ4v) is 1.22. The van der Waals surface area contributed by atoms with E-state index in [2.05, 4.69) is 0 Å². The molecule has 0 amide bonds. The molecule has 1 aromatic carbocycles. The standard InChI is InChI=1S/C8H8ClNO3/c1-5-3-4-6(10(11)12)8(13-2)7(5)9/h3-4H,1-2H3. The number of nitrogens with zero attached hydrogens (tertiary/aromatic N) is 1. The predicted molar refractivity (Wildman–Crippen MR) is 49.4 cm³/mol. The van der Waals surface area contributed by atoms with Gasteiger partial charge in [0.2, 0.25) is 5.75 Å². The Morgan fingerprint density at radius 2 is 2.15 bits per heavy atom. The highest BCUT2D eigenvalue weighted by molar-refractivity contribution is 6.33. The Kier molecular flexibility index (Phi) is 2.72. The number of nitro groups is 1. The van der Waals surface area contributed by atoms with Gasteiger partial charge < -0.3 is 4.74 Å². The van der Waals surface area contributed by atoms with Crippen LogP contribution < -0.4 is 4.74 Å². The van der Waals surface area contributed by atoms with Crippen LogP contribution in [0, 0.1) is 17.0 Å². The van der Waals surface area contributed by atoms with E-state index in [0.717, 1.165) is 5.56 Å². The van der Waals surface area contributed by atoms with Crippen LogP contribution in [0.1, 0.15) is 5.56 Å². The third-order valence-electron chi connectivity index (χ3n) is 1.67. The first-order valence-corrected chi connectivity index (χ1v) is 3.93. The number of nitro benzene ring substituents is 1. The second-order valence-electron chi connectivity index (χ2n) is 2.51. The molecule has 0 aliphatic rings. The first-order valence-electron chi connectivity index (χ1n) is 3.55. The molecule has 70 valence electrons. The van der Waals surface area contributed by atoms with Gasteiger partial charge in [-0.25, -0.2) is 0 Å². The molecule has 1 aromatic rings. The monoisotopic (exact) mass is 201 g/mol. The molecule has 0 saturated heterocycles. The van der Waals surface area contributed by atoms with E-state index in [-0.39, 0.29) is 16.5 Å². The molecule has 0 unspecified atom stereocenters. The largest absolute Gasteiger partial charge is 0.489 e. The number of hydrogen-bond acceptors (Lipinski definition) is 3. The fourth-order valence-electron chi connectivity index (χ4n) is 0.982. The minimum atomic E-state index is -0.524. The van der Waals surface area contributed by atoms with Crippen LogP contribution in [0.2, 0.25) is 5.02 Å². The highest BCUT2D eigenvalue weighted by Gasteiger charge is 2.18. The van der Waals surface area contributed by atoms with Crippen molar-refractivity contribution in [3.8, 4) is 5.75 Å². The lowest BCUT2D eigenvalue weighted by Gasteiger charge is -2.05. The molecular formula is C8H8ClNO3. The van der Waals surface area contributed by atoms with Crippen molar-refractivity contribution >= 4 is 17.3 Å². The summed E-state index contributed by atoms with van der Waals surface area (Å²) in [7, 11) is 1.35. The summed E-state index contributed by atoms with van der Waals surface area (Å²) in [5.41, 5.74) is 0.641. The van der Waals surface area contributed by atoms with Gasteiger partial charge in [0.15, 0.2) is 0 Å². The molecule has 0 spiro atoms. The average Bonchev–Trinajstić information content (AvgIpc) is 2.09. The first kappa shape index (κ1) is 9.80. The summed E-state index contributed by atoms with van der Waals surface area (Å²) < 4.78 is 4.84. The molecule has 5 heteroatoms. The zero-order chi connectivity index (χ0) is 10.0. The minimum absolute atomic E-state index is 0.113. The van der Waals surface area contributed by atoms with E-state index < -0.39 is 4.92 Å². The van der Waals surface area contributed by atoms with Crippen molar-refractivity contribution in [2.75, 3.05) is 7.11 Å². The number of aryl methyl sites for hydroxylation is 1. The molecule has 0 heterocycles. The van der Waals surface area contributed by atoms with E-state index in [0.29, 0.717) is 0 Å². The molecule has 0 atom stereocenters. The van der Waals surface area contributed by atoms with Gasteiger partial charge in [-0.2, -0.15) is 0 Å². The molecule has 0 fully saturated rings. The zero-order valence-electron chi connectivity index (χ0n) is 7.20. The summed E-state index contributed by atoms with van der Waals surface area (Å²) in [5.74, 6) is 0.117. The maximum Gasteiger partial charge on any atom is 0.312 e. The predicted octanol–water partition coefficient (Wildman–Crippen LogP) is 2.57. The topological polar surface area (TPSA) is 52.4 Å². The van der Waals surface area contributed by atoms with Crippen LogP contribution in [0.5, 0.6) is 5.75 Å². The highest BCUT2D eigenvalue weighted by Crippen LogP contribution is 2.36. The van der Waals surface area contributed by atoms with Crippen molar-refractivity contribution in [3.05, 3.63) is 32.8 Å². The molecule has 13 heavy (non-hydrogen) atoms. The summed E-state index contributed by atoms with van der Waals surface area (Å²) in [4.78, 5) is 9.99. The number of hydrogen-bond donors (Lipinski definition) is 0. The number of rotatable bonds is 2. The average molecular weight is 202 g/mol. The van der Waals surface area contributed by atoms with Crippen LogP contribution in [0.25, 0.3) is 0 Å². The van der Waals surface area contributed by atoms with Gasteiger partial charge in [-0.15, -0.1) is 0 Å². The summed E-state index contributed by atoms with van der Waals surface area (Å²) in [6.45, 7) is 1.76. The molecule has 0 aliphatic carbocycles. The molecule has 0 N–H and O–H groups in total. The first-order chi connectivity index (χ1) is 6.07. The van der Waals surface area contributed by atoms with Crippen molar-refractivity contribution in [2.24, 2.45) is 0 Å². The van der Waals surface area contributed by atoms with Crippen molar-refractivity contribution in [1.29, 1.82) is 0 Å². The summed E-state index contributed by atoms with van der Waals surface area (Å²) in [6.07, 6.45) is 0. The Labute approximate surface area is 80.2 Å². The minimum Gasteiger partial charge on any atom is -0.489 e. The summed E-state index contributed by atoms with van der Waals surface area (Å²) >= 11 is 5.81. The molecular weight excluding hydrogens is 194 g/mol. The smallest absolute Gasteiger partial charge is 0.312 e. The van der Waals surface area contributed by atoms with E-state index in [1.807, 2.05) is 0 Å². The van der Waals surface area contributed by atoms with Gasteiger partial charge in [-0.3, -0.25) is 10.1 Å². The van der Waals surface area contributed by atoms with E-state index in [4.69, 9.17) is 16.3 Å². The molecule has 0 aliphatic heterocycles. The molecule has 4 nitrogen and oxygen atoms in total. The van der Waals surface area contributed by atoms with Gasteiger partial charge in [0.1, 0.15) is 0 Å². The molecule has 0 saturated carbocycles. The Hall–Kier alpha value is -1.29. The normalized spacial score (nSPS) is 9.77. The second-order valence-corrected chi connectivity index (χ2v) is 2.88. The van der Waals surface area contributed by atoms with Crippen LogP contribution in [-0.4, -0.2) is 12.0 Å². The van der Waals surface area contributed by atoms with E-state index in [1.54, 1.807) is 13.0 Å². The van der Waals surface area contributed by atoms with Gasteiger partial charge >= 0.3 is 5.69 Å². The number of benzene rings is 1. The van der Waals surface area contributed by atoms with Crippen molar-refractivity contribution in [2.45, 2.75) is 6.92 Å². The molecule has 0 aromatic heterocycles. The van der Waals surface area contributed by atoms with Crippen LogP contribution in [-0.2, 0) is 0 Å². The van der Waals surface area contributed by atoms with Crippen molar-refractivity contribution < 1.29 is 9.66 Å². The number of halogens is 1. The van der Waals surface area contributed by atoms with Crippen molar-refractivity contribution in [3.63, 3.8) is 0 Å². The Bertz CT molecular complexity index is 351. The van der Waals surface area contributed by atoms with Crippen molar-refractivity contribution in [1.82, 2.24) is 0 Å². The third-order valence-corrected chi connectivity index (χ3v) is 2.14. The second kappa shape index (κ2) is 3.62. The van der Waals surface area contributed by atoms with Gasteiger partial charge in [0, 0.05) is 6.07 Å². The lowest BCUT2D eigenvalue weighted by molar-refractivity contribution is -0.385. The van der Waals surface area contributed by atoms with Crippen LogP contribution in [0.3, 0.4) is 0 Å². The van der Waals surface area contributed by atoms with Gasteiger partial charge in [-0.05, 0) is 12.5 Å². The molecule has 0 bridgehead atoms. The quantitative estimate of drug-likeness (QED) is 0.546. The zero-order valence-corrected chi connectivity index (χ0v) is 7.96. The lowest BCUT2D eigenvalue weighted by atomic mass is 10.2. The van der Waals surface area contributed by atoms with Crippen LogP contribution >= 0.6 is 11.6 Å². The van der Waals surface area contributed by atoms with Crippen LogP contribution in [0.4, 0.5) is 5.69 Å². The van der Waals surface area contributed by atoms with E-state index in [9.17, 15) is 10.1 Å². The summed E-state index contributed by atoms with van der Waals surface area (Å²) in [5, 5.41) is 10.8. The maximum atomic E-state index is 10.5. The van der Waals surface area contributed by atoms with Gasteiger partial charge in [0.05, 0.1) is 17.1 Å². The number of methoxy groups -OCH3 is 1.